The van der Waals surface area contributed by atoms with Gasteiger partial charge in [-0.1, -0.05) is 91.0 Å². The number of halogens is 10. The lowest BCUT2D eigenvalue weighted by Gasteiger charge is -2.35. The largest absolute Gasteiger partial charge is 1.09 e. The fourth-order valence-electron chi connectivity index (χ4n) is 4.51. The van der Waals surface area contributed by atoms with Gasteiger partial charge < -0.3 is 11.1 Å². The van der Waals surface area contributed by atoms with Crippen LogP contribution in [-0.2, 0) is 3.48 Å². The molecular formula is C30H15AlF10O3Si. The Labute approximate surface area is 254 Å². The highest BCUT2D eigenvalue weighted by Gasteiger charge is 2.54. The molecule has 0 saturated heterocycles. The van der Waals surface area contributed by atoms with E-state index in [0.717, 1.165) is 0 Å². The van der Waals surface area contributed by atoms with Gasteiger partial charge in [-0.05, 0) is 15.6 Å². The van der Waals surface area contributed by atoms with Crippen LogP contribution in [0.2, 0.25) is 0 Å². The molecule has 0 aliphatic rings. The Kier molecular flexibility index (Phi) is 9.26. The van der Waals surface area contributed by atoms with E-state index in [1.807, 2.05) is 0 Å². The van der Waals surface area contributed by atoms with Gasteiger partial charge in [0.15, 0.2) is 11.5 Å². The number of hydrogen-bond donors (Lipinski definition) is 0. The van der Waals surface area contributed by atoms with Crippen LogP contribution in [0.5, 0.6) is 11.5 Å². The maximum absolute atomic E-state index is 14.8. The highest BCUT2D eigenvalue weighted by molar-refractivity contribution is 7.09. The van der Waals surface area contributed by atoms with Gasteiger partial charge in [0.1, 0.15) is 0 Å². The Morgan fingerprint density at radius 2 is 0.600 bits per heavy atom. The molecule has 0 bridgehead atoms. The van der Waals surface area contributed by atoms with Gasteiger partial charge in [-0.3, -0.25) is 0 Å². The number of rotatable bonds is 9. The molecule has 0 spiro atoms. The van der Waals surface area contributed by atoms with Crippen LogP contribution in [0.15, 0.2) is 91.0 Å². The van der Waals surface area contributed by atoms with Gasteiger partial charge in [0.05, 0.1) is 0 Å². The summed E-state index contributed by atoms with van der Waals surface area (Å²) in [6.45, 7) is 0. The van der Waals surface area contributed by atoms with Crippen molar-refractivity contribution < 1.29 is 55.0 Å². The second-order valence-corrected chi connectivity index (χ2v) is 14.3. The van der Waals surface area contributed by atoms with Gasteiger partial charge in [0.2, 0.25) is 58.2 Å². The Hall–Kier alpha value is -4.29. The lowest BCUT2D eigenvalue weighted by atomic mass is 10.3. The van der Waals surface area contributed by atoms with Crippen LogP contribution in [0.25, 0.3) is 0 Å². The summed E-state index contributed by atoms with van der Waals surface area (Å²) >= 11 is -4.86. The topological polar surface area (TPSA) is 27.7 Å². The van der Waals surface area contributed by atoms with Gasteiger partial charge in [-0.15, -0.1) is 0 Å². The van der Waals surface area contributed by atoms with Gasteiger partial charge >= 0.3 is 15.1 Å². The van der Waals surface area contributed by atoms with Crippen LogP contribution in [0.3, 0.4) is 0 Å². The summed E-state index contributed by atoms with van der Waals surface area (Å²) in [5.41, 5.74) is 0. The molecule has 0 heterocycles. The predicted molar refractivity (Wildman–Crippen MR) is 145 cm³/mol. The molecule has 0 radical (unpaired) electrons. The summed E-state index contributed by atoms with van der Waals surface area (Å²) in [7, 11) is -4.14. The van der Waals surface area contributed by atoms with Crippen LogP contribution in [0.4, 0.5) is 43.9 Å². The molecule has 15 heteroatoms. The molecule has 3 nitrogen and oxygen atoms in total. The van der Waals surface area contributed by atoms with Crippen LogP contribution in [-0.4, -0.2) is 23.5 Å². The van der Waals surface area contributed by atoms with Crippen molar-refractivity contribution in [2.75, 3.05) is 0 Å². The lowest BCUT2D eigenvalue weighted by Crippen LogP contribution is -2.72. The molecule has 0 atom stereocenters. The summed E-state index contributed by atoms with van der Waals surface area (Å²) in [6.07, 6.45) is 0. The third kappa shape index (κ3) is 5.80. The van der Waals surface area contributed by atoms with Gasteiger partial charge in [-0.25, -0.2) is 26.3 Å². The average molecular weight is 668 g/mol. The highest BCUT2D eigenvalue weighted by atomic mass is 28.4. The SMILES string of the molecule is Fc1c(F)c(F)c([O][Al]([O]c2c(F)c(F)c(F)c(F)c2F)[O][Si](c2ccccc2)(c2ccccc2)c2ccccc2)c(F)c1F. The van der Waals surface area contributed by atoms with E-state index in [4.69, 9.17) is 11.1 Å². The number of hydrogen-bond acceptors (Lipinski definition) is 3. The van der Waals surface area contributed by atoms with Gasteiger partial charge in [0.25, 0.3) is 8.32 Å². The highest BCUT2D eigenvalue weighted by Crippen LogP contribution is 2.33. The molecule has 0 aliphatic carbocycles. The van der Waals surface area contributed by atoms with E-state index in [1.54, 1.807) is 91.0 Å². The van der Waals surface area contributed by atoms with Crippen molar-refractivity contribution in [2.24, 2.45) is 0 Å². The van der Waals surface area contributed by atoms with Crippen molar-refractivity contribution in [3.63, 3.8) is 0 Å². The first-order chi connectivity index (χ1) is 21.5. The molecule has 0 aromatic heterocycles. The molecule has 0 unspecified atom stereocenters. The first kappa shape index (κ1) is 32.1. The second kappa shape index (κ2) is 13.0. The van der Waals surface area contributed by atoms with Crippen molar-refractivity contribution in [1.82, 2.24) is 0 Å². The first-order valence-corrected chi connectivity index (χ1v) is 16.0. The molecule has 0 N–H and O–H groups in total. The summed E-state index contributed by atoms with van der Waals surface area (Å²) < 4.78 is 160. The zero-order chi connectivity index (χ0) is 32.5. The minimum Gasteiger partial charge on any atom is -0.584 e. The van der Waals surface area contributed by atoms with Crippen molar-refractivity contribution in [3.8, 4) is 11.5 Å². The van der Waals surface area contributed by atoms with E-state index in [9.17, 15) is 43.9 Å². The summed E-state index contributed by atoms with van der Waals surface area (Å²) in [4.78, 5) is 0. The van der Waals surface area contributed by atoms with E-state index in [-0.39, 0.29) is 0 Å². The predicted octanol–water partition coefficient (Wildman–Crippen LogP) is 6.20. The molecule has 230 valence electrons. The minimum absolute atomic E-state index is 0.363. The van der Waals surface area contributed by atoms with Crippen LogP contribution in [0, 0.1) is 58.2 Å². The van der Waals surface area contributed by atoms with Crippen molar-refractivity contribution >= 4 is 39.0 Å². The van der Waals surface area contributed by atoms with Gasteiger partial charge in [-0.2, -0.15) is 17.6 Å². The summed E-state index contributed by atoms with van der Waals surface area (Å²) in [5.74, 6) is -28.8. The zero-order valence-electron chi connectivity index (χ0n) is 22.2. The fraction of sp³-hybridized carbons (Fsp3) is 0. The molecule has 45 heavy (non-hydrogen) atoms. The smallest absolute Gasteiger partial charge is 0.584 e. The quantitative estimate of drug-likeness (QED) is 0.0616. The van der Waals surface area contributed by atoms with Crippen LogP contribution in [0.1, 0.15) is 0 Å². The second-order valence-electron chi connectivity index (χ2n) is 9.22. The lowest BCUT2D eigenvalue weighted by molar-refractivity contribution is 0.261. The Morgan fingerprint density at radius 1 is 0.356 bits per heavy atom. The fourth-order valence-corrected chi connectivity index (χ4v) is 11.5. The summed E-state index contributed by atoms with van der Waals surface area (Å²) in [6, 6.07) is 23.8. The van der Waals surface area contributed by atoms with Crippen LogP contribution >= 0.6 is 0 Å². The minimum atomic E-state index is -4.86. The van der Waals surface area contributed by atoms with E-state index in [2.05, 4.69) is 0 Å². The Morgan fingerprint density at radius 3 is 0.867 bits per heavy atom. The monoisotopic (exact) mass is 668 g/mol. The standard InChI is InChI=1S/C18H15OSi.2C6HF5O.Al/c19-20(16-10-4-1-5-11-16,17-12-6-2-7-13-17)18-14-8-3-9-15-18;2*7-1-2(8)4(10)6(12)5(11)3(1)9;/h1-15H;2*12H;/q-1;;;+3/p-2. The Balaban J connectivity index is 1.78. The maximum atomic E-state index is 14.8. The molecule has 0 amide bonds. The molecule has 5 aromatic carbocycles. The molecule has 0 saturated carbocycles. The summed E-state index contributed by atoms with van der Waals surface area (Å²) in [5, 5.41) is 1.09. The van der Waals surface area contributed by atoms with Crippen molar-refractivity contribution in [3.05, 3.63) is 149 Å². The third-order valence-electron chi connectivity index (χ3n) is 6.58. The van der Waals surface area contributed by atoms with Crippen molar-refractivity contribution in [1.29, 1.82) is 0 Å². The van der Waals surface area contributed by atoms with E-state index in [0.29, 0.717) is 15.6 Å². The first-order valence-electron chi connectivity index (χ1n) is 12.7. The molecule has 0 aliphatic heterocycles. The molecular weight excluding hydrogens is 653 g/mol. The van der Waals surface area contributed by atoms with Crippen LogP contribution < -0.4 is 23.1 Å². The zero-order valence-corrected chi connectivity index (χ0v) is 24.4. The molecule has 5 rings (SSSR count). The molecule has 0 fully saturated rings. The maximum Gasteiger partial charge on any atom is 1.09 e. The normalized spacial score (nSPS) is 11.4. The van der Waals surface area contributed by atoms with E-state index < -0.39 is 93.1 Å². The van der Waals surface area contributed by atoms with E-state index in [1.165, 1.54) is 0 Å². The van der Waals surface area contributed by atoms with E-state index >= 15 is 0 Å². The number of benzene rings is 5. The molecule has 5 aromatic rings. The average Bonchev–Trinajstić information content (AvgIpc) is 3.08. The van der Waals surface area contributed by atoms with Gasteiger partial charge in [0, 0.05) is 0 Å². The van der Waals surface area contributed by atoms with Crippen molar-refractivity contribution in [2.45, 2.75) is 0 Å². The Bertz CT molecular complexity index is 1620. The third-order valence-corrected chi connectivity index (χ3v) is 13.1.